The molecule has 35 heavy (non-hydrogen) atoms. The van der Waals surface area contributed by atoms with Crippen molar-refractivity contribution in [3.05, 3.63) is 108 Å². The van der Waals surface area contributed by atoms with Crippen LogP contribution in [-0.4, -0.2) is 56.2 Å². The first kappa shape index (κ1) is 24.1. The first-order chi connectivity index (χ1) is 17.1. The van der Waals surface area contributed by atoms with E-state index in [1.165, 1.54) is 7.11 Å². The van der Waals surface area contributed by atoms with Gasteiger partial charge in [0.2, 0.25) is 0 Å². The summed E-state index contributed by atoms with van der Waals surface area (Å²) in [5, 5.41) is 0. The number of hydrogen-bond donors (Lipinski definition) is 0. The van der Waals surface area contributed by atoms with E-state index in [2.05, 4.69) is 0 Å². The van der Waals surface area contributed by atoms with Crippen LogP contribution in [0.15, 0.2) is 91.0 Å². The highest BCUT2D eigenvalue weighted by atomic mass is 16.7. The maximum atomic E-state index is 12.8. The molecule has 180 valence electrons. The average molecular weight is 476 g/mol. The molecule has 1 aliphatic heterocycles. The number of rotatable bonds is 8. The van der Waals surface area contributed by atoms with Crippen molar-refractivity contribution >= 4 is 17.9 Å². The Morgan fingerprint density at radius 2 is 1.09 bits per heavy atom. The maximum Gasteiger partial charge on any atom is 0.338 e. The standard InChI is InChI=1S/C27H24O8/c1-31-27-23(35-26(30)20-15-9-4-10-16-20)22(34-25(29)19-13-7-3-8-14-19)21(33-27)17-32-24(28)18-11-5-2-6-12-18/h2-16,21-23,27H,17H2,1H3/t21-,22-,23-,27-/m1/s1. The van der Waals surface area contributed by atoms with E-state index in [-0.39, 0.29) is 6.61 Å². The molecule has 1 fully saturated rings. The fourth-order valence-electron chi connectivity index (χ4n) is 3.63. The van der Waals surface area contributed by atoms with E-state index in [9.17, 15) is 14.4 Å². The second kappa shape index (κ2) is 11.4. The average Bonchev–Trinajstić information content (AvgIpc) is 3.24. The van der Waals surface area contributed by atoms with Gasteiger partial charge in [-0.15, -0.1) is 0 Å². The highest BCUT2D eigenvalue weighted by molar-refractivity contribution is 5.90. The molecule has 8 nitrogen and oxygen atoms in total. The molecule has 1 heterocycles. The number of benzene rings is 3. The molecule has 0 radical (unpaired) electrons. The molecule has 0 spiro atoms. The fraction of sp³-hybridized carbons (Fsp3) is 0.222. The highest BCUT2D eigenvalue weighted by Gasteiger charge is 2.50. The Balaban J connectivity index is 1.54. The summed E-state index contributed by atoms with van der Waals surface area (Å²) in [6.45, 7) is -0.250. The summed E-state index contributed by atoms with van der Waals surface area (Å²) in [6, 6.07) is 25.2. The van der Waals surface area contributed by atoms with Crippen LogP contribution in [0.2, 0.25) is 0 Å². The van der Waals surface area contributed by atoms with Crippen molar-refractivity contribution in [2.75, 3.05) is 13.7 Å². The van der Waals surface area contributed by atoms with Gasteiger partial charge in [-0.25, -0.2) is 14.4 Å². The molecule has 4 rings (SSSR count). The predicted molar refractivity (Wildman–Crippen MR) is 124 cm³/mol. The molecular formula is C27H24O8. The van der Waals surface area contributed by atoms with Gasteiger partial charge in [-0.2, -0.15) is 0 Å². The number of hydrogen-bond acceptors (Lipinski definition) is 8. The number of esters is 3. The number of carbonyl (C=O) groups is 3. The van der Waals surface area contributed by atoms with Crippen LogP contribution in [0.4, 0.5) is 0 Å². The fourth-order valence-corrected chi connectivity index (χ4v) is 3.63. The van der Waals surface area contributed by atoms with E-state index in [4.69, 9.17) is 23.7 Å². The van der Waals surface area contributed by atoms with Crippen molar-refractivity contribution < 1.29 is 38.1 Å². The lowest BCUT2D eigenvalue weighted by Crippen LogP contribution is -2.42. The number of ether oxygens (including phenoxy) is 5. The summed E-state index contributed by atoms with van der Waals surface area (Å²) in [5.41, 5.74) is 0.981. The molecule has 1 aliphatic rings. The van der Waals surface area contributed by atoms with Gasteiger partial charge in [0.05, 0.1) is 16.7 Å². The second-order valence-electron chi connectivity index (χ2n) is 7.72. The Labute approximate surface area is 202 Å². The molecule has 0 aliphatic carbocycles. The molecule has 8 heteroatoms. The van der Waals surface area contributed by atoms with Gasteiger partial charge in [0.15, 0.2) is 18.5 Å². The molecule has 4 atom stereocenters. The van der Waals surface area contributed by atoms with Crippen molar-refractivity contribution in [1.82, 2.24) is 0 Å². The van der Waals surface area contributed by atoms with Crippen molar-refractivity contribution in [3.63, 3.8) is 0 Å². The van der Waals surface area contributed by atoms with Crippen LogP contribution >= 0.6 is 0 Å². The zero-order valence-corrected chi connectivity index (χ0v) is 18.9. The first-order valence-corrected chi connectivity index (χ1v) is 11.0. The van der Waals surface area contributed by atoms with Crippen molar-refractivity contribution in [3.8, 4) is 0 Å². The van der Waals surface area contributed by atoms with Gasteiger partial charge < -0.3 is 23.7 Å². The molecule has 0 aromatic heterocycles. The molecule has 0 N–H and O–H groups in total. The van der Waals surface area contributed by atoms with Crippen molar-refractivity contribution in [2.45, 2.75) is 24.6 Å². The molecule has 3 aromatic carbocycles. The Bertz CT molecular complexity index is 1130. The molecule has 0 unspecified atom stereocenters. The van der Waals surface area contributed by atoms with Crippen LogP contribution in [0.3, 0.4) is 0 Å². The van der Waals surface area contributed by atoms with Crippen molar-refractivity contribution in [2.24, 2.45) is 0 Å². The Hall–Kier alpha value is -4.01. The van der Waals surface area contributed by atoms with Crippen LogP contribution in [0, 0.1) is 0 Å². The minimum atomic E-state index is -1.10. The van der Waals surface area contributed by atoms with Crippen molar-refractivity contribution in [1.29, 1.82) is 0 Å². The smallest absolute Gasteiger partial charge is 0.338 e. The second-order valence-corrected chi connectivity index (χ2v) is 7.72. The van der Waals surface area contributed by atoms with E-state index in [0.29, 0.717) is 16.7 Å². The maximum absolute atomic E-state index is 12.8. The van der Waals surface area contributed by atoms with Crippen LogP contribution in [0.25, 0.3) is 0 Å². The van der Waals surface area contributed by atoms with E-state index < -0.39 is 42.5 Å². The van der Waals surface area contributed by atoms with Gasteiger partial charge in [-0.05, 0) is 36.4 Å². The number of methoxy groups -OCH3 is 1. The zero-order valence-electron chi connectivity index (χ0n) is 18.9. The largest absolute Gasteiger partial charge is 0.459 e. The molecule has 0 bridgehead atoms. The SMILES string of the molecule is CO[C@@H]1O[C@H](COC(=O)c2ccccc2)[C@@H](OC(=O)c2ccccc2)[C@H]1OC(=O)c1ccccc1. The summed E-state index contributed by atoms with van der Waals surface area (Å²) in [5.74, 6) is -1.85. The number of carbonyl (C=O) groups excluding carboxylic acids is 3. The summed E-state index contributed by atoms with van der Waals surface area (Å²) in [4.78, 5) is 38.0. The van der Waals surface area contributed by atoms with E-state index >= 15 is 0 Å². The van der Waals surface area contributed by atoms with E-state index in [1.54, 1.807) is 91.0 Å². The van der Waals surface area contributed by atoms with Gasteiger partial charge in [0.1, 0.15) is 12.7 Å². The minimum absolute atomic E-state index is 0.250. The van der Waals surface area contributed by atoms with Gasteiger partial charge >= 0.3 is 17.9 Å². The van der Waals surface area contributed by atoms with Crippen LogP contribution < -0.4 is 0 Å². The molecular weight excluding hydrogens is 452 g/mol. The molecule has 0 saturated carbocycles. The first-order valence-electron chi connectivity index (χ1n) is 11.0. The van der Waals surface area contributed by atoms with Gasteiger partial charge in [0.25, 0.3) is 0 Å². The highest BCUT2D eigenvalue weighted by Crippen LogP contribution is 2.29. The van der Waals surface area contributed by atoms with Crippen LogP contribution in [-0.2, 0) is 23.7 Å². The summed E-state index contributed by atoms with van der Waals surface area (Å²) in [7, 11) is 1.38. The van der Waals surface area contributed by atoms with Gasteiger partial charge in [-0.1, -0.05) is 54.6 Å². The van der Waals surface area contributed by atoms with Gasteiger partial charge in [0, 0.05) is 7.11 Å². The lowest BCUT2D eigenvalue weighted by molar-refractivity contribution is -0.155. The lowest BCUT2D eigenvalue weighted by Gasteiger charge is -2.24. The third-order valence-electron chi connectivity index (χ3n) is 5.39. The summed E-state index contributed by atoms with van der Waals surface area (Å²) < 4.78 is 28.0. The third-order valence-corrected chi connectivity index (χ3v) is 5.39. The van der Waals surface area contributed by atoms with E-state index in [0.717, 1.165) is 0 Å². The Morgan fingerprint density at radius 1 is 0.657 bits per heavy atom. The summed E-state index contributed by atoms with van der Waals surface area (Å²) >= 11 is 0. The predicted octanol–water partition coefficient (Wildman–Crippen LogP) is 3.67. The lowest BCUT2D eigenvalue weighted by atomic mass is 10.1. The minimum Gasteiger partial charge on any atom is -0.459 e. The molecule has 3 aromatic rings. The normalized spacial score (nSPS) is 21.2. The topological polar surface area (TPSA) is 97.4 Å². The summed E-state index contributed by atoms with van der Waals surface area (Å²) in [6.07, 6.45) is -4.17. The molecule has 0 amide bonds. The third kappa shape index (κ3) is 5.92. The molecule has 1 saturated heterocycles. The van der Waals surface area contributed by atoms with E-state index in [1.807, 2.05) is 0 Å². The Morgan fingerprint density at radius 3 is 1.54 bits per heavy atom. The monoisotopic (exact) mass is 476 g/mol. The quantitative estimate of drug-likeness (QED) is 0.359. The Kier molecular flexibility index (Phi) is 7.87. The van der Waals surface area contributed by atoms with Gasteiger partial charge in [-0.3, -0.25) is 0 Å². The van der Waals surface area contributed by atoms with Crippen LogP contribution in [0.1, 0.15) is 31.1 Å². The van der Waals surface area contributed by atoms with Crippen LogP contribution in [0.5, 0.6) is 0 Å². The zero-order chi connectivity index (χ0) is 24.6.